The van der Waals surface area contributed by atoms with Gasteiger partial charge in [-0.1, -0.05) is 0 Å². The summed E-state index contributed by atoms with van der Waals surface area (Å²) in [4.78, 5) is 14.4. The molecule has 1 aliphatic heterocycles. The molecular weight excluding hydrogens is 424 g/mol. The molecule has 7 nitrogen and oxygen atoms in total. The molecule has 28 heavy (non-hydrogen) atoms. The molecule has 0 spiro atoms. The van der Waals surface area contributed by atoms with Crippen molar-refractivity contribution in [2.24, 2.45) is 0 Å². The third kappa shape index (κ3) is 4.06. The van der Waals surface area contributed by atoms with Crippen molar-refractivity contribution in [3.63, 3.8) is 0 Å². The Morgan fingerprint density at radius 3 is 2.64 bits per heavy atom. The Bertz CT molecular complexity index is 943. The van der Waals surface area contributed by atoms with Crippen molar-refractivity contribution in [2.45, 2.75) is 18.9 Å². The molecule has 1 aliphatic rings. The number of benzene rings is 1. The maximum Gasteiger partial charge on any atom is 0.287 e. The van der Waals surface area contributed by atoms with Gasteiger partial charge in [-0.3, -0.25) is 9.89 Å². The van der Waals surface area contributed by atoms with Crippen molar-refractivity contribution in [3.8, 4) is 17.0 Å². The molecule has 0 aliphatic carbocycles. The average molecular weight is 445 g/mol. The number of carbonyl (C=O) groups excluding carboxylic acids is 1. The zero-order chi connectivity index (χ0) is 19.5. The van der Waals surface area contributed by atoms with Gasteiger partial charge in [0.2, 0.25) is 0 Å². The minimum absolute atomic E-state index is 0.132. The Hall–Kier alpha value is -2.74. The number of aromatic nitrogens is 2. The van der Waals surface area contributed by atoms with Crippen LogP contribution in [-0.2, 0) is 0 Å². The van der Waals surface area contributed by atoms with Gasteiger partial charge < -0.3 is 19.4 Å². The number of aromatic amines is 1. The maximum atomic E-state index is 12.2. The number of furan rings is 1. The SMILES string of the molecule is COc1ccc(-c2cc(N3CCC(NC(=O)c4ccc(Br)o4)CC3)n[nH]2)cc1. The highest BCUT2D eigenvalue weighted by Gasteiger charge is 2.23. The normalized spacial score (nSPS) is 14.9. The largest absolute Gasteiger partial charge is 0.497 e. The minimum Gasteiger partial charge on any atom is -0.497 e. The lowest BCUT2D eigenvalue weighted by atomic mass is 10.0. The smallest absolute Gasteiger partial charge is 0.287 e. The number of rotatable bonds is 5. The van der Waals surface area contributed by atoms with Gasteiger partial charge in [0.25, 0.3) is 5.91 Å². The standard InChI is InChI=1S/C20H21BrN4O3/c1-27-15-4-2-13(3-5-15)16-12-19(24-23-16)25-10-8-14(9-11-25)22-20(26)17-6-7-18(21)28-17/h2-7,12,14H,8-11H2,1H3,(H,22,26)(H,23,24). The summed E-state index contributed by atoms with van der Waals surface area (Å²) in [7, 11) is 1.66. The van der Waals surface area contributed by atoms with Crippen LogP contribution in [0.3, 0.4) is 0 Å². The van der Waals surface area contributed by atoms with Crippen LogP contribution in [0, 0.1) is 0 Å². The van der Waals surface area contributed by atoms with Crippen molar-refractivity contribution in [1.82, 2.24) is 15.5 Å². The molecule has 2 aromatic heterocycles. The van der Waals surface area contributed by atoms with Crippen molar-refractivity contribution < 1.29 is 13.9 Å². The van der Waals surface area contributed by atoms with E-state index >= 15 is 0 Å². The number of anilines is 1. The first-order valence-corrected chi connectivity index (χ1v) is 9.92. The van der Waals surface area contributed by atoms with E-state index in [1.54, 1.807) is 19.2 Å². The van der Waals surface area contributed by atoms with Gasteiger partial charge in [-0.25, -0.2) is 0 Å². The molecule has 0 radical (unpaired) electrons. The molecule has 1 fully saturated rings. The molecule has 8 heteroatoms. The monoisotopic (exact) mass is 444 g/mol. The first-order valence-electron chi connectivity index (χ1n) is 9.13. The van der Waals surface area contributed by atoms with Gasteiger partial charge in [0.05, 0.1) is 12.8 Å². The predicted octanol–water partition coefficient (Wildman–Crippen LogP) is 3.84. The Morgan fingerprint density at radius 2 is 2.00 bits per heavy atom. The zero-order valence-electron chi connectivity index (χ0n) is 15.4. The number of carbonyl (C=O) groups is 1. The van der Waals surface area contributed by atoms with Crippen LogP contribution in [-0.4, -0.2) is 42.3 Å². The highest BCUT2D eigenvalue weighted by molar-refractivity contribution is 9.10. The lowest BCUT2D eigenvalue weighted by Gasteiger charge is -2.32. The molecule has 0 unspecified atom stereocenters. The van der Waals surface area contributed by atoms with Gasteiger partial charge in [0.1, 0.15) is 5.75 Å². The molecule has 146 valence electrons. The summed E-state index contributed by atoms with van der Waals surface area (Å²) in [5.74, 6) is 1.90. The maximum absolute atomic E-state index is 12.2. The summed E-state index contributed by atoms with van der Waals surface area (Å²) in [6.07, 6.45) is 1.72. The predicted molar refractivity (Wildman–Crippen MR) is 110 cm³/mol. The third-order valence-electron chi connectivity index (χ3n) is 4.92. The number of halogens is 1. The van der Waals surface area contributed by atoms with Crippen molar-refractivity contribution in [3.05, 3.63) is 52.9 Å². The second-order valence-electron chi connectivity index (χ2n) is 6.71. The van der Waals surface area contributed by atoms with Crippen LogP contribution in [0.2, 0.25) is 0 Å². The fourth-order valence-corrected chi connectivity index (χ4v) is 3.64. The molecule has 0 saturated carbocycles. The number of hydrogen-bond acceptors (Lipinski definition) is 5. The number of ether oxygens (including phenoxy) is 1. The van der Waals surface area contributed by atoms with Crippen LogP contribution in [0.15, 0.2) is 51.6 Å². The summed E-state index contributed by atoms with van der Waals surface area (Å²) in [5, 5.41) is 10.6. The van der Waals surface area contributed by atoms with E-state index in [2.05, 4.69) is 42.4 Å². The summed E-state index contributed by atoms with van der Waals surface area (Å²) < 4.78 is 11.1. The van der Waals surface area contributed by atoms with Gasteiger partial charge in [0, 0.05) is 25.2 Å². The van der Waals surface area contributed by atoms with Gasteiger partial charge in [0.15, 0.2) is 16.2 Å². The van der Waals surface area contributed by atoms with Crippen molar-refractivity contribution in [2.75, 3.05) is 25.1 Å². The van der Waals surface area contributed by atoms with E-state index in [0.29, 0.717) is 10.4 Å². The lowest BCUT2D eigenvalue weighted by molar-refractivity contribution is 0.0901. The van der Waals surface area contributed by atoms with E-state index in [1.165, 1.54) is 0 Å². The Labute approximate surface area is 171 Å². The lowest BCUT2D eigenvalue weighted by Crippen LogP contribution is -2.44. The summed E-state index contributed by atoms with van der Waals surface area (Å²) in [6.45, 7) is 1.67. The van der Waals surface area contributed by atoms with Crippen LogP contribution in [0.5, 0.6) is 5.75 Å². The Morgan fingerprint density at radius 1 is 1.25 bits per heavy atom. The van der Waals surface area contributed by atoms with Crippen molar-refractivity contribution >= 4 is 27.7 Å². The van der Waals surface area contributed by atoms with Crippen molar-refractivity contribution in [1.29, 1.82) is 0 Å². The highest BCUT2D eigenvalue weighted by Crippen LogP contribution is 2.26. The summed E-state index contributed by atoms with van der Waals surface area (Å²) in [6, 6.07) is 13.4. The molecule has 1 aromatic carbocycles. The quantitative estimate of drug-likeness (QED) is 0.624. The molecule has 3 aromatic rings. The van der Waals surface area contributed by atoms with Gasteiger partial charge in [-0.2, -0.15) is 5.10 Å². The number of nitrogens with zero attached hydrogens (tertiary/aromatic N) is 2. The molecule has 4 rings (SSSR count). The van der Waals surface area contributed by atoms with E-state index in [1.807, 2.05) is 24.3 Å². The van der Waals surface area contributed by atoms with Gasteiger partial charge in [-0.05, 0) is 70.7 Å². The Kier molecular flexibility index (Phi) is 5.38. The fraction of sp³-hybridized carbons (Fsp3) is 0.300. The van der Waals surface area contributed by atoms with Gasteiger partial charge >= 0.3 is 0 Å². The number of methoxy groups -OCH3 is 1. The van der Waals surface area contributed by atoms with Crippen LogP contribution >= 0.6 is 15.9 Å². The molecule has 1 saturated heterocycles. The molecule has 0 atom stereocenters. The van der Waals surface area contributed by atoms with E-state index < -0.39 is 0 Å². The molecule has 3 heterocycles. The van der Waals surface area contributed by atoms with Crippen LogP contribution in [0.1, 0.15) is 23.4 Å². The first-order chi connectivity index (χ1) is 13.6. The average Bonchev–Trinajstić information content (AvgIpc) is 3.38. The number of amides is 1. The van der Waals surface area contributed by atoms with Crippen LogP contribution in [0.4, 0.5) is 5.82 Å². The van der Waals surface area contributed by atoms with E-state index in [4.69, 9.17) is 9.15 Å². The van der Waals surface area contributed by atoms with Crippen LogP contribution < -0.4 is 15.0 Å². The van der Waals surface area contributed by atoms with Crippen LogP contribution in [0.25, 0.3) is 11.3 Å². The van der Waals surface area contributed by atoms with E-state index in [9.17, 15) is 4.79 Å². The summed E-state index contributed by atoms with van der Waals surface area (Å²) >= 11 is 3.22. The molecular formula is C20H21BrN4O3. The number of piperidine rings is 1. The molecule has 0 bridgehead atoms. The fourth-order valence-electron chi connectivity index (χ4n) is 3.34. The molecule has 1 amide bonds. The number of H-pyrrole nitrogens is 1. The minimum atomic E-state index is -0.175. The van der Waals surface area contributed by atoms with E-state index in [0.717, 1.165) is 48.8 Å². The topological polar surface area (TPSA) is 83.4 Å². The second-order valence-corrected chi connectivity index (χ2v) is 7.49. The summed E-state index contributed by atoms with van der Waals surface area (Å²) in [5.41, 5.74) is 2.03. The van der Waals surface area contributed by atoms with Gasteiger partial charge in [-0.15, -0.1) is 0 Å². The number of hydrogen-bond donors (Lipinski definition) is 2. The first kappa shape index (κ1) is 18.6. The third-order valence-corrected chi connectivity index (χ3v) is 5.34. The Balaban J connectivity index is 1.33. The molecule has 2 N–H and O–H groups in total. The zero-order valence-corrected chi connectivity index (χ0v) is 17.0. The highest BCUT2D eigenvalue weighted by atomic mass is 79.9. The number of nitrogens with one attached hydrogen (secondary N) is 2. The second kappa shape index (κ2) is 8.10. The van der Waals surface area contributed by atoms with E-state index in [-0.39, 0.29) is 11.9 Å².